The third kappa shape index (κ3) is 1.47. The normalized spacial score (nSPS) is 10.8. The Bertz CT molecular complexity index is 598. The molecule has 0 spiro atoms. The number of nitrogens with zero attached hydrogens (tertiary/aromatic N) is 1. The van der Waals surface area contributed by atoms with Crippen LogP contribution in [-0.4, -0.2) is 17.3 Å². The Balaban J connectivity index is 2.11. The smallest absolute Gasteiger partial charge is 0.119 e. The van der Waals surface area contributed by atoms with Gasteiger partial charge in [0.2, 0.25) is 0 Å². The molecule has 0 radical (unpaired) electrons. The second kappa shape index (κ2) is 3.64. The minimum atomic E-state index is 0.882. The number of hydrogen-bond acceptors (Lipinski definition) is 3. The van der Waals surface area contributed by atoms with Crippen molar-refractivity contribution in [2.24, 2.45) is 0 Å². The van der Waals surface area contributed by atoms with Crippen LogP contribution in [0.25, 0.3) is 20.7 Å². The summed E-state index contributed by atoms with van der Waals surface area (Å²) in [5.74, 6) is 0.882. The average molecular weight is 230 g/mol. The maximum Gasteiger partial charge on any atom is 0.119 e. The number of aromatic nitrogens is 2. The largest absolute Gasteiger partial charge is 0.497 e. The van der Waals surface area contributed by atoms with Crippen LogP contribution in [0.15, 0.2) is 36.5 Å². The molecular formula is C12H10N2OS. The van der Waals surface area contributed by atoms with Gasteiger partial charge in [0, 0.05) is 4.88 Å². The summed E-state index contributed by atoms with van der Waals surface area (Å²) in [7, 11) is 1.68. The highest BCUT2D eigenvalue weighted by molar-refractivity contribution is 7.22. The van der Waals surface area contributed by atoms with E-state index in [1.165, 1.54) is 15.1 Å². The minimum absolute atomic E-state index is 0.882. The molecule has 0 aliphatic rings. The number of nitrogens with one attached hydrogen (secondary N) is 1. The lowest BCUT2D eigenvalue weighted by molar-refractivity contribution is 0.415. The summed E-state index contributed by atoms with van der Waals surface area (Å²) in [4.78, 5) is 1.22. The van der Waals surface area contributed by atoms with Crippen molar-refractivity contribution < 1.29 is 4.74 Å². The van der Waals surface area contributed by atoms with Crippen molar-refractivity contribution in [3.63, 3.8) is 0 Å². The molecule has 1 aromatic carbocycles. The van der Waals surface area contributed by atoms with Gasteiger partial charge in [-0.15, -0.1) is 11.3 Å². The Labute approximate surface area is 96.7 Å². The summed E-state index contributed by atoms with van der Waals surface area (Å²) in [5, 5.41) is 6.96. The Kier molecular flexibility index (Phi) is 2.15. The number of rotatable bonds is 2. The first kappa shape index (κ1) is 9.42. The molecule has 3 nitrogen and oxygen atoms in total. The van der Waals surface area contributed by atoms with Crippen LogP contribution in [0.4, 0.5) is 0 Å². The topological polar surface area (TPSA) is 37.9 Å². The van der Waals surface area contributed by atoms with Gasteiger partial charge in [-0.3, -0.25) is 5.10 Å². The van der Waals surface area contributed by atoms with Crippen molar-refractivity contribution in [3.8, 4) is 16.2 Å². The summed E-state index contributed by atoms with van der Waals surface area (Å²) in [5.41, 5.74) is 2.26. The van der Waals surface area contributed by atoms with E-state index in [1.807, 2.05) is 24.4 Å². The van der Waals surface area contributed by atoms with Crippen molar-refractivity contribution in [2.45, 2.75) is 0 Å². The molecule has 2 aromatic heterocycles. The van der Waals surface area contributed by atoms with Gasteiger partial charge in [-0.1, -0.05) is 12.1 Å². The molecule has 0 saturated carbocycles. The van der Waals surface area contributed by atoms with E-state index in [2.05, 4.69) is 22.3 Å². The average Bonchev–Trinajstić information content (AvgIpc) is 2.89. The first-order chi connectivity index (χ1) is 7.86. The van der Waals surface area contributed by atoms with Crippen LogP contribution in [0, 0.1) is 0 Å². The fraction of sp³-hybridized carbons (Fsp3) is 0.0833. The van der Waals surface area contributed by atoms with Crippen molar-refractivity contribution in [1.29, 1.82) is 0 Å². The van der Waals surface area contributed by atoms with Gasteiger partial charge in [0.05, 0.1) is 23.5 Å². The first-order valence-corrected chi connectivity index (χ1v) is 5.76. The molecular weight excluding hydrogens is 220 g/mol. The van der Waals surface area contributed by atoms with Crippen LogP contribution >= 0.6 is 11.3 Å². The summed E-state index contributed by atoms with van der Waals surface area (Å²) < 4.78 is 6.39. The van der Waals surface area contributed by atoms with Crippen LogP contribution in [0.3, 0.4) is 0 Å². The molecule has 2 heterocycles. The van der Waals surface area contributed by atoms with E-state index >= 15 is 0 Å². The quantitative estimate of drug-likeness (QED) is 0.733. The van der Waals surface area contributed by atoms with Gasteiger partial charge >= 0.3 is 0 Å². The molecule has 0 saturated heterocycles. The Hall–Kier alpha value is -1.81. The summed E-state index contributed by atoms with van der Waals surface area (Å²) in [6, 6.07) is 10.2. The predicted molar refractivity (Wildman–Crippen MR) is 66.0 cm³/mol. The monoisotopic (exact) mass is 230 g/mol. The van der Waals surface area contributed by atoms with E-state index < -0.39 is 0 Å². The minimum Gasteiger partial charge on any atom is -0.497 e. The van der Waals surface area contributed by atoms with Gasteiger partial charge in [0.25, 0.3) is 0 Å². The van der Waals surface area contributed by atoms with Gasteiger partial charge in [0.15, 0.2) is 0 Å². The van der Waals surface area contributed by atoms with Gasteiger partial charge in [-0.05, 0) is 23.8 Å². The highest BCUT2D eigenvalue weighted by atomic mass is 32.1. The van der Waals surface area contributed by atoms with Crippen LogP contribution < -0.4 is 4.74 Å². The van der Waals surface area contributed by atoms with Crippen LogP contribution in [0.1, 0.15) is 0 Å². The highest BCUT2D eigenvalue weighted by Gasteiger charge is 2.06. The SMILES string of the molecule is COc1cccc(-c2cc3[nH]ncc3s2)c1. The number of H-pyrrole nitrogens is 1. The molecule has 3 aromatic rings. The maximum atomic E-state index is 5.22. The van der Waals surface area contributed by atoms with E-state index in [-0.39, 0.29) is 0 Å². The summed E-state index contributed by atoms with van der Waals surface area (Å²) >= 11 is 1.73. The van der Waals surface area contributed by atoms with E-state index in [0.29, 0.717) is 0 Å². The lowest BCUT2D eigenvalue weighted by Crippen LogP contribution is -1.81. The third-order valence-corrected chi connectivity index (χ3v) is 3.60. The predicted octanol–water partition coefficient (Wildman–Crippen LogP) is 3.30. The molecule has 0 aliphatic carbocycles. The molecule has 0 amide bonds. The number of thiophene rings is 1. The molecule has 80 valence electrons. The van der Waals surface area contributed by atoms with E-state index in [0.717, 1.165) is 11.3 Å². The lowest BCUT2D eigenvalue weighted by atomic mass is 10.2. The highest BCUT2D eigenvalue weighted by Crippen LogP contribution is 2.33. The second-order valence-electron chi connectivity index (χ2n) is 3.49. The number of fused-ring (bicyclic) bond motifs is 1. The summed E-state index contributed by atoms with van der Waals surface area (Å²) in [6.45, 7) is 0. The number of benzene rings is 1. The zero-order valence-electron chi connectivity index (χ0n) is 8.73. The van der Waals surface area contributed by atoms with Crippen LogP contribution in [0.2, 0.25) is 0 Å². The maximum absolute atomic E-state index is 5.22. The molecule has 0 unspecified atom stereocenters. The van der Waals surface area contributed by atoms with Crippen molar-refractivity contribution in [1.82, 2.24) is 10.2 Å². The number of aromatic amines is 1. The third-order valence-electron chi connectivity index (χ3n) is 2.48. The van der Waals surface area contributed by atoms with Gasteiger partial charge in [-0.2, -0.15) is 5.10 Å². The number of hydrogen-bond donors (Lipinski definition) is 1. The molecule has 3 rings (SSSR count). The zero-order valence-corrected chi connectivity index (χ0v) is 9.54. The number of methoxy groups -OCH3 is 1. The Morgan fingerprint density at radius 3 is 3.06 bits per heavy atom. The van der Waals surface area contributed by atoms with Gasteiger partial charge in [0.1, 0.15) is 5.75 Å². The van der Waals surface area contributed by atoms with E-state index in [1.54, 1.807) is 18.4 Å². The standard InChI is InChI=1S/C12H10N2OS/c1-15-9-4-2-3-8(5-9)11-6-10-12(16-11)7-13-14-10/h2-7H,1H3,(H,13,14). The zero-order chi connectivity index (χ0) is 11.0. The molecule has 0 bridgehead atoms. The van der Waals surface area contributed by atoms with Crippen molar-refractivity contribution >= 4 is 21.6 Å². The lowest BCUT2D eigenvalue weighted by Gasteiger charge is -2.01. The van der Waals surface area contributed by atoms with Crippen LogP contribution in [-0.2, 0) is 0 Å². The van der Waals surface area contributed by atoms with Crippen molar-refractivity contribution in [3.05, 3.63) is 36.5 Å². The Morgan fingerprint density at radius 2 is 2.25 bits per heavy atom. The fourth-order valence-electron chi connectivity index (χ4n) is 1.67. The van der Waals surface area contributed by atoms with Crippen molar-refractivity contribution in [2.75, 3.05) is 7.11 Å². The molecule has 4 heteroatoms. The van der Waals surface area contributed by atoms with Gasteiger partial charge in [-0.25, -0.2) is 0 Å². The molecule has 16 heavy (non-hydrogen) atoms. The summed E-state index contributed by atoms with van der Waals surface area (Å²) in [6.07, 6.45) is 1.85. The fourth-order valence-corrected chi connectivity index (χ4v) is 2.65. The first-order valence-electron chi connectivity index (χ1n) is 4.94. The van der Waals surface area contributed by atoms with Gasteiger partial charge < -0.3 is 4.74 Å². The Morgan fingerprint density at radius 1 is 1.31 bits per heavy atom. The molecule has 0 fully saturated rings. The second-order valence-corrected chi connectivity index (χ2v) is 4.57. The van der Waals surface area contributed by atoms with E-state index in [9.17, 15) is 0 Å². The molecule has 1 N–H and O–H groups in total. The molecule has 0 atom stereocenters. The van der Waals surface area contributed by atoms with Crippen LogP contribution in [0.5, 0.6) is 5.75 Å². The molecule has 0 aliphatic heterocycles. The number of ether oxygens (including phenoxy) is 1. The van der Waals surface area contributed by atoms with E-state index in [4.69, 9.17) is 4.74 Å².